The molecular weight excluding hydrogens is 438 g/mol. The van der Waals surface area contributed by atoms with Gasteiger partial charge in [0, 0.05) is 18.1 Å². The van der Waals surface area contributed by atoms with E-state index in [9.17, 15) is 4.79 Å². The number of fused-ring (bicyclic) bond motifs is 1. The van der Waals surface area contributed by atoms with Crippen molar-refractivity contribution in [3.05, 3.63) is 69.5 Å². The number of nitrogens with one attached hydrogen (secondary N) is 1. The minimum absolute atomic E-state index is 0.0444. The van der Waals surface area contributed by atoms with E-state index in [1.165, 1.54) is 5.56 Å². The summed E-state index contributed by atoms with van der Waals surface area (Å²) in [6, 6.07) is 12.5. The predicted octanol–water partition coefficient (Wildman–Crippen LogP) is 5.70. The van der Waals surface area contributed by atoms with E-state index in [2.05, 4.69) is 44.9 Å². The first-order valence-corrected chi connectivity index (χ1v) is 12.7. The Hall–Kier alpha value is -2.61. The summed E-state index contributed by atoms with van der Waals surface area (Å²) in [7, 11) is 1.72. The van der Waals surface area contributed by atoms with Crippen LogP contribution in [0.15, 0.2) is 52.7 Å². The molecule has 0 bridgehead atoms. The van der Waals surface area contributed by atoms with E-state index in [-0.39, 0.29) is 18.1 Å². The zero-order valence-electron chi connectivity index (χ0n) is 17.9. The largest absolute Gasteiger partial charge is 0.379 e. The number of carbonyl (C=O) groups is 1. The van der Waals surface area contributed by atoms with Gasteiger partial charge < -0.3 is 10.1 Å². The summed E-state index contributed by atoms with van der Waals surface area (Å²) < 4.78 is 6.74. The second-order valence-electron chi connectivity index (χ2n) is 8.19. The van der Waals surface area contributed by atoms with Crippen LogP contribution < -0.4 is 5.32 Å². The lowest BCUT2D eigenvalue weighted by molar-refractivity contribution is 0.0391. The van der Waals surface area contributed by atoms with Crippen LogP contribution in [0.1, 0.15) is 47.3 Å². The Morgan fingerprint density at radius 3 is 2.81 bits per heavy atom. The van der Waals surface area contributed by atoms with Crippen molar-refractivity contribution in [2.45, 2.75) is 44.2 Å². The van der Waals surface area contributed by atoms with Crippen LogP contribution in [0.3, 0.4) is 0 Å². The molecule has 1 amide bonds. The minimum atomic E-state index is -0.118. The van der Waals surface area contributed by atoms with Gasteiger partial charge in [0.1, 0.15) is 5.69 Å². The molecule has 3 aromatic heterocycles. The summed E-state index contributed by atoms with van der Waals surface area (Å²) in [5, 5.41) is 7.27. The fraction of sp³-hybridized carbons (Fsp3) is 0.320. The minimum Gasteiger partial charge on any atom is -0.379 e. The van der Waals surface area contributed by atoms with Crippen molar-refractivity contribution in [3.63, 3.8) is 0 Å². The van der Waals surface area contributed by atoms with Crippen LogP contribution in [0.5, 0.6) is 0 Å². The van der Waals surface area contributed by atoms with E-state index >= 15 is 0 Å². The number of benzene rings is 1. The van der Waals surface area contributed by atoms with Crippen LogP contribution >= 0.6 is 22.7 Å². The van der Waals surface area contributed by atoms with Gasteiger partial charge in [-0.05, 0) is 47.9 Å². The molecular formula is C25H25N3O2S2. The molecule has 2 atom stereocenters. The van der Waals surface area contributed by atoms with E-state index in [1.807, 2.05) is 23.0 Å². The maximum Gasteiger partial charge on any atom is 0.270 e. The number of rotatable bonds is 6. The van der Waals surface area contributed by atoms with E-state index in [1.54, 1.807) is 29.8 Å². The smallest absolute Gasteiger partial charge is 0.270 e. The predicted molar refractivity (Wildman–Crippen MR) is 130 cm³/mol. The molecule has 4 aromatic rings. The molecule has 7 heteroatoms. The van der Waals surface area contributed by atoms with Gasteiger partial charge in [0.05, 0.1) is 33.6 Å². The summed E-state index contributed by atoms with van der Waals surface area (Å²) >= 11 is 3.27. The highest BCUT2D eigenvalue weighted by atomic mass is 32.1. The summed E-state index contributed by atoms with van der Waals surface area (Å²) in [5.74, 6) is -0.118. The standard InChI is InChI=1S/C25H25N3O2S2/c1-30-23-5-3-2-4-19(23)28-25(29)21-13-18(24-20(27-21)10-11-32-24)12-16-6-8-17(9-7-16)22-14-31-15-26-22/h6-11,13-15,19,23H,2-5,12H2,1H3,(H,28,29)/t19-,23-/m0/s1. The maximum atomic E-state index is 13.1. The highest BCUT2D eigenvalue weighted by Gasteiger charge is 2.27. The van der Waals surface area contributed by atoms with Crippen molar-refractivity contribution in [1.29, 1.82) is 0 Å². The van der Waals surface area contributed by atoms with Gasteiger partial charge in [-0.25, -0.2) is 9.97 Å². The number of pyridine rings is 1. The van der Waals surface area contributed by atoms with E-state index in [0.717, 1.165) is 59.1 Å². The molecule has 164 valence electrons. The average Bonchev–Trinajstić information content (AvgIpc) is 3.52. The average molecular weight is 464 g/mol. The fourth-order valence-electron chi connectivity index (χ4n) is 4.43. The van der Waals surface area contributed by atoms with Crippen molar-refractivity contribution >= 4 is 38.8 Å². The number of methoxy groups -OCH3 is 1. The molecule has 1 aromatic carbocycles. The van der Waals surface area contributed by atoms with Crippen LogP contribution in [0, 0.1) is 0 Å². The third kappa shape index (κ3) is 4.46. The van der Waals surface area contributed by atoms with E-state index in [0.29, 0.717) is 5.69 Å². The molecule has 3 heterocycles. The van der Waals surface area contributed by atoms with Crippen molar-refractivity contribution in [2.24, 2.45) is 0 Å². The highest BCUT2D eigenvalue weighted by molar-refractivity contribution is 7.17. The van der Waals surface area contributed by atoms with Crippen LogP contribution in [-0.2, 0) is 11.2 Å². The van der Waals surface area contributed by atoms with Crippen molar-refractivity contribution < 1.29 is 9.53 Å². The molecule has 32 heavy (non-hydrogen) atoms. The Bertz CT molecular complexity index is 1200. The molecule has 0 unspecified atom stereocenters. The Balaban J connectivity index is 1.39. The Morgan fingerprint density at radius 1 is 1.19 bits per heavy atom. The van der Waals surface area contributed by atoms with Gasteiger partial charge in [0.15, 0.2) is 0 Å². The van der Waals surface area contributed by atoms with Gasteiger partial charge in [-0.1, -0.05) is 37.1 Å². The summed E-state index contributed by atoms with van der Waals surface area (Å²) in [5.41, 5.74) is 7.65. The molecule has 0 aliphatic heterocycles. The van der Waals surface area contributed by atoms with Crippen LogP contribution in [0.25, 0.3) is 21.5 Å². The lowest BCUT2D eigenvalue weighted by atomic mass is 9.92. The molecule has 5 rings (SSSR count). The number of aromatic nitrogens is 2. The molecule has 1 fully saturated rings. The molecule has 1 saturated carbocycles. The lowest BCUT2D eigenvalue weighted by Gasteiger charge is -2.30. The number of carbonyl (C=O) groups excluding carboxylic acids is 1. The molecule has 1 aliphatic carbocycles. The first kappa shape index (κ1) is 21.2. The molecule has 1 N–H and O–H groups in total. The Kier molecular flexibility index (Phi) is 6.30. The van der Waals surface area contributed by atoms with Gasteiger partial charge in [-0.15, -0.1) is 22.7 Å². The molecule has 5 nitrogen and oxygen atoms in total. The molecule has 0 saturated heterocycles. The summed E-state index contributed by atoms with van der Waals surface area (Å²) in [6.07, 6.45) is 5.03. The lowest BCUT2D eigenvalue weighted by Crippen LogP contribution is -2.46. The Labute approximate surface area is 195 Å². The number of amides is 1. The molecule has 0 spiro atoms. The monoisotopic (exact) mass is 463 g/mol. The van der Waals surface area contributed by atoms with E-state index < -0.39 is 0 Å². The third-order valence-corrected chi connectivity index (χ3v) is 7.68. The van der Waals surface area contributed by atoms with Crippen LogP contribution in [-0.4, -0.2) is 35.1 Å². The molecule has 1 aliphatic rings. The first-order valence-electron chi connectivity index (χ1n) is 10.9. The second-order valence-corrected chi connectivity index (χ2v) is 9.82. The maximum absolute atomic E-state index is 13.1. The zero-order chi connectivity index (χ0) is 21.9. The molecule has 0 radical (unpaired) electrons. The van der Waals surface area contributed by atoms with Gasteiger partial charge in [0.25, 0.3) is 5.91 Å². The van der Waals surface area contributed by atoms with Crippen molar-refractivity contribution in [1.82, 2.24) is 15.3 Å². The fourth-order valence-corrected chi connectivity index (χ4v) is 5.84. The quantitative estimate of drug-likeness (QED) is 0.398. The second kappa shape index (κ2) is 9.48. The van der Waals surface area contributed by atoms with Gasteiger partial charge in [-0.3, -0.25) is 4.79 Å². The SMILES string of the molecule is CO[C@H]1CCCC[C@@H]1NC(=O)c1cc(Cc2ccc(-c3cscn3)cc2)c2sccc2n1. The summed E-state index contributed by atoms with van der Waals surface area (Å²) in [4.78, 5) is 22.1. The first-order chi connectivity index (χ1) is 15.7. The zero-order valence-corrected chi connectivity index (χ0v) is 19.5. The Morgan fingerprint density at radius 2 is 2.03 bits per heavy atom. The number of hydrogen-bond donors (Lipinski definition) is 1. The third-order valence-electron chi connectivity index (χ3n) is 6.12. The highest BCUT2D eigenvalue weighted by Crippen LogP contribution is 2.28. The van der Waals surface area contributed by atoms with Gasteiger partial charge in [0.2, 0.25) is 0 Å². The number of ether oxygens (including phenoxy) is 1. The van der Waals surface area contributed by atoms with Crippen LogP contribution in [0.2, 0.25) is 0 Å². The van der Waals surface area contributed by atoms with Gasteiger partial charge in [-0.2, -0.15) is 0 Å². The van der Waals surface area contributed by atoms with Crippen LogP contribution in [0.4, 0.5) is 0 Å². The van der Waals surface area contributed by atoms with Crippen molar-refractivity contribution in [3.8, 4) is 11.3 Å². The normalized spacial score (nSPS) is 18.7. The number of thiophene rings is 1. The van der Waals surface area contributed by atoms with Crippen molar-refractivity contribution in [2.75, 3.05) is 7.11 Å². The van der Waals surface area contributed by atoms with Gasteiger partial charge >= 0.3 is 0 Å². The number of thiazole rings is 1. The summed E-state index contributed by atoms with van der Waals surface area (Å²) in [6.45, 7) is 0. The topological polar surface area (TPSA) is 64.1 Å². The van der Waals surface area contributed by atoms with E-state index in [4.69, 9.17) is 4.74 Å². The number of nitrogens with zero attached hydrogens (tertiary/aromatic N) is 2. The number of hydrogen-bond acceptors (Lipinski definition) is 6.